The Bertz CT molecular complexity index is 421. The minimum atomic E-state index is 0.512. The van der Waals surface area contributed by atoms with Gasteiger partial charge in [0, 0.05) is 24.9 Å². The number of hydrogen-bond acceptors (Lipinski definition) is 4. The minimum absolute atomic E-state index is 0.512. The van der Waals surface area contributed by atoms with Crippen LogP contribution in [0.1, 0.15) is 0 Å². The van der Waals surface area contributed by atoms with E-state index < -0.39 is 0 Å². The largest absolute Gasteiger partial charge is 0.480 e. The van der Waals surface area contributed by atoms with Gasteiger partial charge in [-0.05, 0) is 6.07 Å². The fraction of sp³-hybridized carbons (Fsp3) is 0.222. The molecule has 72 valence electrons. The molecule has 0 aliphatic heterocycles. The highest BCUT2D eigenvalue weighted by atomic mass is 16.5. The van der Waals surface area contributed by atoms with Crippen LogP contribution in [0, 0.1) is 0 Å². The molecular formula is C9H10N4O. The van der Waals surface area contributed by atoms with E-state index in [1.54, 1.807) is 24.1 Å². The van der Waals surface area contributed by atoms with Crippen LogP contribution in [0.5, 0.6) is 5.88 Å². The van der Waals surface area contributed by atoms with Crippen LogP contribution < -0.4 is 4.74 Å². The Balaban J connectivity index is 2.33. The highest BCUT2D eigenvalue weighted by Gasteiger charge is 2.02. The minimum Gasteiger partial charge on any atom is -0.480 e. The third-order valence-corrected chi connectivity index (χ3v) is 1.85. The molecule has 0 spiro atoms. The zero-order chi connectivity index (χ0) is 9.97. The fourth-order valence-corrected chi connectivity index (χ4v) is 1.14. The lowest BCUT2D eigenvalue weighted by atomic mass is 10.2. The van der Waals surface area contributed by atoms with Crippen molar-refractivity contribution < 1.29 is 4.74 Å². The molecule has 0 bridgehead atoms. The molecule has 2 aromatic heterocycles. The van der Waals surface area contributed by atoms with E-state index in [-0.39, 0.29) is 0 Å². The Morgan fingerprint density at radius 3 is 2.64 bits per heavy atom. The first kappa shape index (κ1) is 8.68. The van der Waals surface area contributed by atoms with Gasteiger partial charge < -0.3 is 4.74 Å². The lowest BCUT2D eigenvalue weighted by Gasteiger charge is -1.97. The third kappa shape index (κ3) is 1.56. The van der Waals surface area contributed by atoms with Crippen LogP contribution in [0.3, 0.4) is 0 Å². The van der Waals surface area contributed by atoms with Gasteiger partial charge >= 0.3 is 0 Å². The average molecular weight is 190 g/mol. The number of aryl methyl sites for hydroxylation is 1. The molecule has 5 heteroatoms. The maximum Gasteiger partial charge on any atom is 0.233 e. The summed E-state index contributed by atoms with van der Waals surface area (Å²) in [5.41, 5.74) is 1.74. The smallest absolute Gasteiger partial charge is 0.233 e. The van der Waals surface area contributed by atoms with Crippen molar-refractivity contribution in [2.75, 3.05) is 7.11 Å². The molecule has 0 N–H and O–H groups in total. The van der Waals surface area contributed by atoms with Crippen LogP contribution in [0.4, 0.5) is 0 Å². The Morgan fingerprint density at radius 2 is 2.14 bits per heavy atom. The first-order valence-corrected chi connectivity index (χ1v) is 4.16. The second-order valence-corrected chi connectivity index (χ2v) is 2.86. The summed E-state index contributed by atoms with van der Waals surface area (Å²) in [6.07, 6.45) is 3.63. The maximum absolute atomic E-state index is 4.92. The first-order valence-electron chi connectivity index (χ1n) is 4.16. The highest BCUT2D eigenvalue weighted by molar-refractivity contribution is 5.56. The Hall–Kier alpha value is -1.91. The van der Waals surface area contributed by atoms with Crippen LogP contribution in [0.25, 0.3) is 11.3 Å². The molecule has 2 aromatic rings. The molecule has 0 radical (unpaired) electrons. The third-order valence-electron chi connectivity index (χ3n) is 1.85. The molecule has 0 atom stereocenters. The van der Waals surface area contributed by atoms with Gasteiger partial charge in [-0.2, -0.15) is 5.10 Å². The molecule has 0 amide bonds. The number of rotatable bonds is 2. The zero-order valence-corrected chi connectivity index (χ0v) is 8.01. The first-order chi connectivity index (χ1) is 6.79. The van der Waals surface area contributed by atoms with Crippen molar-refractivity contribution in [2.24, 2.45) is 7.05 Å². The lowest BCUT2D eigenvalue weighted by molar-refractivity contribution is 0.392. The van der Waals surface area contributed by atoms with E-state index in [1.165, 1.54) is 0 Å². The standard InChI is InChI=1S/C9H10N4O/c1-13-6-7(5-10-13)8-3-4-9(14-2)12-11-8/h3-6H,1-2H3. The quantitative estimate of drug-likeness (QED) is 0.705. The van der Waals surface area contributed by atoms with Gasteiger partial charge in [0.2, 0.25) is 5.88 Å². The van der Waals surface area contributed by atoms with Crippen molar-refractivity contribution in [3.05, 3.63) is 24.5 Å². The fourth-order valence-electron chi connectivity index (χ4n) is 1.14. The second-order valence-electron chi connectivity index (χ2n) is 2.86. The van der Waals surface area contributed by atoms with Gasteiger partial charge in [0.05, 0.1) is 19.0 Å². The number of ether oxygens (including phenoxy) is 1. The van der Waals surface area contributed by atoms with Crippen molar-refractivity contribution in [3.8, 4) is 17.1 Å². The van der Waals surface area contributed by atoms with E-state index in [1.807, 2.05) is 19.3 Å². The van der Waals surface area contributed by atoms with Crippen molar-refractivity contribution in [2.45, 2.75) is 0 Å². The number of methoxy groups -OCH3 is 1. The molecule has 14 heavy (non-hydrogen) atoms. The predicted molar refractivity (Wildman–Crippen MR) is 50.8 cm³/mol. The van der Waals surface area contributed by atoms with E-state index in [2.05, 4.69) is 15.3 Å². The zero-order valence-electron chi connectivity index (χ0n) is 8.01. The molecule has 0 saturated heterocycles. The molecule has 2 rings (SSSR count). The molecular weight excluding hydrogens is 180 g/mol. The molecule has 0 fully saturated rings. The van der Waals surface area contributed by atoms with E-state index in [4.69, 9.17) is 4.74 Å². The van der Waals surface area contributed by atoms with E-state index in [0.29, 0.717) is 5.88 Å². The van der Waals surface area contributed by atoms with Gasteiger partial charge in [0.1, 0.15) is 0 Å². The molecule has 5 nitrogen and oxygen atoms in total. The normalized spacial score (nSPS) is 10.1. The molecule has 0 aromatic carbocycles. The van der Waals surface area contributed by atoms with Gasteiger partial charge in [-0.25, -0.2) is 0 Å². The summed E-state index contributed by atoms with van der Waals surface area (Å²) in [7, 11) is 3.42. The summed E-state index contributed by atoms with van der Waals surface area (Å²) in [5.74, 6) is 0.512. The molecule has 0 unspecified atom stereocenters. The van der Waals surface area contributed by atoms with Gasteiger partial charge in [-0.3, -0.25) is 4.68 Å². The second kappa shape index (κ2) is 3.45. The summed E-state index contributed by atoms with van der Waals surface area (Å²) in [6, 6.07) is 3.62. The summed E-state index contributed by atoms with van der Waals surface area (Å²) >= 11 is 0. The Morgan fingerprint density at radius 1 is 1.29 bits per heavy atom. The highest BCUT2D eigenvalue weighted by Crippen LogP contribution is 2.15. The van der Waals surface area contributed by atoms with Crippen molar-refractivity contribution in [1.29, 1.82) is 0 Å². The van der Waals surface area contributed by atoms with E-state index in [0.717, 1.165) is 11.3 Å². The topological polar surface area (TPSA) is 52.8 Å². The monoisotopic (exact) mass is 190 g/mol. The Labute approximate surface area is 81.3 Å². The van der Waals surface area contributed by atoms with E-state index >= 15 is 0 Å². The molecule has 0 aliphatic carbocycles. The number of hydrogen-bond donors (Lipinski definition) is 0. The van der Waals surface area contributed by atoms with Crippen LogP contribution in [0.15, 0.2) is 24.5 Å². The lowest BCUT2D eigenvalue weighted by Crippen LogP contribution is -1.91. The van der Waals surface area contributed by atoms with Gasteiger partial charge in [-0.1, -0.05) is 0 Å². The Kier molecular flexibility index (Phi) is 2.14. The van der Waals surface area contributed by atoms with E-state index in [9.17, 15) is 0 Å². The average Bonchev–Trinajstić information content (AvgIpc) is 2.65. The van der Waals surface area contributed by atoms with Crippen molar-refractivity contribution in [3.63, 3.8) is 0 Å². The van der Waals surface area contributed by atoms with Crippen molar-refractivity contribution in [1.82, 2.24) is 20.0 Å². The van der Waals surface area contributed by atoms with Crippen LogP contribution in [-0.2, 0) is 7.05 Å². The van der Waals surface area contributed by atoms with Crippen LogP contribution >= 0.6 is 0 Å². The summed E-state index contributed by atoms with van der Waals surface area (Å²) in [4.78, 5) is 0. The van der Waals surface area contributed by atoms with Crippen LogP contribution in [-0.4, -0.2) is 27.1 Å². The van der Waals surface area contributed by atoms with Gasteiger partial charge in [-0.15, -0.1) is 10.2 Å². The maximum atomic E-state index is 4.92. The van der Waals surface area contributed by atoms with Crippen LogP contribution in [0.2, 0.25) is 0 Å². The number of nitrogens with zero attached hydrogens (tertiary/aromatic N) is 4. The summed E-state index contributed by atoms with van der Waals surface area (Å²) in [5, 5.41) is 11.9. The molecule has 2 heterocycles. The van der Waals surface area contributed by atoms with Gasteiger partial charge in [0.15, 0.2) is 0 Å². The van der Waals surface area contributed by atoms with Crippen molar-refractivity contribution >= 4 is 0 Å². The molecule has 0 saturated carbocycles. The summed E-state index contributed by atoms with van der Waals surface area (Å²) < 4.78 is 6.64. The SMILES string of the molecule is COc1ccc(-c2cnn(C)c2)nn1. The summed E-state index contributed by atoms with van der Waals surface area (Å²) in [6.45, 7) is 0. The predicted octanol–water partition coefficient (Wildman–Crippen LogP) is 0.886. The number of aromatic nitrogens is 4. The van der Waals surface area contributed by atoms with Gasteiger partial charge in [0.25, 0.3) is 0 Å². The molecule has 0 aliphatic rings.